The minimum atomic E-state index is -0.424. The zero-order valence-electron chi connectivity index (χ0n) is 10.4. The third-order valence-electron chi connectivity index (χ3n) is 2.68. The molecule has 0 saturated carbocycles. The molecule has 1 amide bonds. The van der Waals surface area contributed by atoms with Gasteiger partial charge >= 0.3 is 0 Å². The van der Waals surface area contributed by atoms with Crippen LogP contribution < -0.4 is 0 Å². The Bertz CT molecular complexity index is 589. The molecule has 1 heterocycles. The predicted octanol–water partition coefficient (Wildman–Crippen LogP) is 2.21. The molecule has 0 aliphatic carbocycles. The number of hydrogen-bond donors (Lipinski definition) is 1. The quantitative estimate of drug-likeness (QED) is 0.904. The summed E-state index contributed by atoms with van der Waals surface area (Å²) in [5.74, 6) is -0.837. The highest BCUT2D eigenvalue weighted by atomic mass is 79.9. The Morgan fingerprint density at radius 3 is 2.90 bits per heavy atom. The maximum absolute atomic E-state index is 13.7. The van der Waals surface area contributed by atoms with Gasteiger partial charge in [-0.1, -0.05) is 21.1 Å². The van der Waals surface area contributed by atoms with Crippen molar-refractivity contribution in [2.45, 2.75) is 6.54 Å². The molecule has 1 aromatic heterocycles. The third-order valence-corrected chi connectivity index (χ3v) is 3.18. The van der Waals surface area contributed by atoms with E-state index in [0.29, 0.717) is 10.0 Å². The van der Waals surface area contributed by atoms with Gasteiger partial charge in [-0.25, -0.2) is 4.39 Å². The van der Waals surface area contributed by atoms with Crippen molar-refractivity contribution in [2.75, 3.05) is 13.2 Å². The number of benzene rings is 1. The summed E-state index contributed by atoms with van der Waals surface area (Å²) in [5, 5.41) is 12.6. The first-order valence-electron chi connectivity index (χ1n) is 5.86. The lowest BCUT2D eigenvalue weighted by Crippen LogP contribution is -2.33. The first kappa shape index (κ1) is 14.7. The molecular formula is C13H12BrFN2O3. The Kier molecular flexibility index (Phi) is 4.86. The maximum Gasteiger partial charge on any atom is 0.276 e. The second-order valence-electron chi connectivity index (χ2n) is 4.07. The standard InChI is InChI=1S/C13H12BrFN2O3/c14-10-1-2-11(15)9(7-10)8-17(4-5-18)13(19)12-3-6-20-16-12/h1-3,6-7,18H,4-5,8H2. The summed E-state index contributed by atoms with van der Waals surface area (Å²) in [6.45, 7) is -0.103. The lowest BCUT2D eigenvalue weighted by atomic mass is 10.2. The van der Waals surface area contributed by atoms with Crippen LogP contribution in [-0.2, 0) is 6.54 Å². The number of carbonyl (C=O) groups is 1. The molecule has 0 fully saturated rings. The van der Waals surface area contributed by atoms with Gasteiger partial charge in [-0.2, -0.15) is 0 Å². The highest BCUT2D eigenvalue weighted by Gasteiger charge is 2.19. The number of rotatable bonds is 5. The van der Waals surface area contributed by atoms with Crippen molar-refractivity contribution >= 4 is 21.8 Å². The number of nitrogens with zero attached hydrogens (tertiary/aromatic N) is 2. The number of aliphatic hydroxyl groups is 1. The number of aromatic nitrogens is 1. The number of amides is 1. The van der Waals surface area contributed by atoms with E-state index in [4.69, 9.17) is 5.11 Å². The summed E-state index contributed by atoms with van der Waals surface area (Å²) < 4.78 is 19.1. The van der Waals surface area contributed by atoms with E-state index in [9.17, 15) is 9.18 Å². The second kappa shape index (κ2) is 6.62. The van der Waals surface area contributed by atoms with Crippen LogP contribution in [0.1, 0.15) is 16.1 Å². The zero-order valence-corrected chi connectivity index (χ0v) is 12.0. The van der Waals surface area contributed by atoms with E-state index in [1.54, 1.807) is 12.1 Å². The minimum Gasteiger partial charge on any atom is -0.395 e. The summed E-state index contributed by atoms with van der Waals surface area (Å²) >= 11 is 3.25. The van der Waals surface area contributed by atoms with Gasteiger partial charge in [-0.15, -0.1) is 0 Å². The minimum absolute atomic E-state index is 0.0392. The first-order valence-corrected chi connectivity index (χ1v) is 6.65. The van der Waals surface area contributed by atoms with Gasteiger partial charge < -0.3 is 14.5 Å². The Morgan fingerprint density at radius 1 is 1.45 bits per heavy atom. The second-order valence-corrected chi connectivity index (χ2v) is 4.99. The smallest absolute Gasteiger partial charge is 0.276 e. The Morgan fingerprint density at radius 2 is 2.25 bits per heavy atom. The van der Waals surface area contributed by atoms with E-state index in [-0.39, 0.29) is 25.4 Å². The fourth-order valence-corrected chi connectivity index (χ4v) is 2.14. The van der Waals surface area contributed by atoms with Gasteiger partial charge in [-0.05, 0) is 18.2 Å². The molecule has 0 atom stereocenters. The van der Waals surface area contributed by atoms with Gasteiger partial charge in [0, 0.05) is 29.2 Å². The van der Waals surface area contributed by atoms with Crippen LogP contribution in [-0.4, -0.2) is 34.2 Å². The molecule has 0 aliphatic rings. The van der Waals surface area contributed by atoms with Gasteiger partial charge in [0.1, 0.15) is 12.1 Å². The Hall–Kier alpha value is -1.73. The lowest BCUT2D eigenvalue weighted by molar-refractivity contribution is 0.0695. The van der Waals surface area contributed by atoms with E-state index in [0.717, 1.165) is 0 Å². The lowest BCUT2D eigenvalue weighted by Gasteiger charge is -2.21. The molecule has 7 heteroatoms. The molecule has 106 valence electrons. The fraction of sp³-hybridized carbons (Fsp3) is 0.231. The van der Waals surface area contributed by atoms with Gasteiger partial charge in [-0.3, -0.25) is 4.79 Å². The highest BCUT2D eigenvalue weighted by molar-refractivity contribution is 9.10. The SMILES string of the molecule is O=C(c1ccon1)N(CCO)Cc1cc(Br)ccc1F. The molecule has 0 radical (unpaired) electrons. The van der Waals surface area contributed by atoms with Crippen molar-refractivity contribution in [1.82, 2.24) is 10.1 Å². The number of halogens is 2. The number of hydrogen-bond acceptors (Lipinski definition) is 4. The molecule has 2 aromatic rings. The van der Waals surface area contributed by atoms with Crippen LogP contribution in [0.5, 0.6) is 0 Å². The Labute approximate surface area is 123 Å². The monoisotopic (exact) mass is 342 g/mol. The summed E-state index contributed by atoms with van der Waals surface area (Å²) in [7, 11) is 0. The van der Waals surface area contributed by atoms with Crippen LogP contribution in [0, 0.1) is 5.82 Å². The van der Waals surface area contributed by atoms with E-state index in [1.165, 1.54) is 23.3 Å². The topological polar surface area (TPSA) is 66.6 Å². The van der Waals surface area contributed by atoms with Crippen molar-refractivity contribution in [3.05, 3.63) is 52.1 Å². The summed E-state index contributed by atoms with van der Waals surface area (Å²) in [6, 6.07) is 5.91. The molecule has 0 spiro atoms. The van der Waals surface area contributed by atoms with Crippen molar-refractivity contribution in [2.24, 2.45) is 0 Å². The fourth-order valence-electron chi connectivity index (χ4n) is 1.73. The Balaban J connectivity index is 2.21. The van der Waals surface area contributed by atoms with Gasteiger partial charge in [0.15, 0.2) is 5.69 Å². The van der Waals surface area contributed by atoms with Gasteiger partial charge in [0.25, 0.3) is 5.91 Å². The van der Waals surface area contributed by atoms with Crippen LogP contribution in [0.4, 0.5) is 4.39 Å². The van der Waals surface area contributed by atoms with Gasteiger partial charge in [0.2, 0.25) is 0 Å². The van der Waals surface area contributed by atoms with Crippen molar-refractivity contribution < 1.29 is 18.8 Å². The van der Waals surface area contributed by atoms with Crippen LogP contribution in [0.25, 0.3) is 0 Å². The molecule has 5 nitrogen and oxygen atoms in total. The summed E-state index contributed by atoms with van der Waals surface area (Å²) in [4.78, 5) is 13.5. The molecule has 0 aliphatic heterocycles. The van der Waals surface area contributed by atoms with Crippen molar-refractivity contribution in [3.63, 3.8) is 0 Å². The molecule has 1 aromatic carbocycles. The molecular weight excluding hydrogens is 331 g/mol. The van der Waals surface area contributed by atoms with E-state index in [1.807, 2.05) is 0 Å². The van der Waals surface area contributed by atoms with E-state index < -0.39 is 11.7 Å². The average Bonchev–Trinajstić information content (AvgIpc) is 2.95. The predicted molar refractivity (Wildman–Crippen MR) is 72.4 cm³/mol. The van der Waals surface area contributed by atoms with Crippen LogP contribution in [0.2, 0.25) is 0 Å². The summed E-state index contributed by atoms with van der Waals surface area (Å²) in [5.41, 5.74) is 0.471. The molecule has 0 unspecified atom stereocenters. The third kappa shape index (κ3) is 3.43. The van der Waals surface area contributed by atoms with Crippen LogP contribution >= 0.6 is 15.9 Å². The van der Waals surface area contributed by atoms with Crippen LogP contribution in [0.15, 0.2) is 39.5 Å². The average molecular weight is 343 g/mol. The molecule has 2 rings (SSSR count). The molecule has 0 bridgehead atoms. The molecule has 20 heavy (non-hydrogen) atoms. The first-order chi connectivity index (χ1) is 9.61. The van der Waals surface area contributed by atoms with E-state index in [2.05, 4.69) is 25.6 Å². The zero-order chi connectivity index (χ0) is 14.5. The molecule has 0 saturated heterocycles. The van der Waals surface area contributed by atoms with Crippen molar-refractivity contribution in [3.8, 4) is 0 Å². The molecule has 1 N–H and O–H groups in total. The maximum atomic E-state index is 13.7. The highest BCUT2D eigenvalue weighted by Crippen LogP contribution is 2.18. The summed E-state index contributed by atoms with van der Waals surface area (Å²) in [6.07, 6.45) is 1.28. The number of aliphatic hydroxyl groups excluding tert-OH is 1. The van der Waals surface area contributed by atoms with E-state index >= 15 is 0 Å². The number of carbonyl (C=O) groups excluding carboxylic acids is 1. The normalized spacial score (nSPS) is 10.6. The van der Waals surface area contributed by atoms with Crippen LogP contribution in [0.3, 0.4) is 0 Å². The largest absolute Gasteiger partial charge is 0.395 e. The van der Waals surface area contributed by atoms with Crippen molar-refractivity contribution in [1.29, 1.82) is 0 Å². The van der Waals surface area contributed by atoms with Gasteiger partial charge in [0.05, 0.1) is 6.61 Å².